The lowest BCUT2D eigenvalue weighted by Crippen LogP contribution is -2.28. The Balaban J connectivity index is 2.37. The van der Waals surface area contributed by atoms with Gasteiger partial charge in [-0.05, 0) is 51.4 Å². The van der Waals surface area contributed by atoms with Gasteiger partial charge >= 0.3 is 0 Å². The van der Waals surface area contributed by atoms with E-state index < -0.39 is 0 Å². The van der Waals surface area contributed by atoms with Gasteiger partial charge in [0.2, 0.25) is 0 Å². The summed E-state index contributed by atoms with van der Waals surface area (Å²) in [6.07, 6.45) is 1.35. The third-order valence-corrected chi connectivity index (χ3v) is 3.49. The molecule has 21 heavy (non-hydrogen) atoms. The Morgan fingerprint density at radius 3 is 2.71 bits per heavy atom. The highest BCUT2D eigenvalue weighted by molar-refractivity contribution is 5.82. The highest BCUT2D eigenvalue weighted by atomic mass is 16.5. The van der Waals surface area contributed by atoms with Crippen molar-refractivity contribution in [3.8, 4) is 0 Å². The second-order valence-electron chi connectivity index (χ2n) is 5.76. The molecule has 1 N–H and O–H groups in total. The van der Waals surface area contributed by atoms with Crippen molar-refractivity contribution in [1.82, 2.24) is 10.3 Å². The first-order valence-electron chi connectivity index (χ1n) is 7.83. The molecule has 0 aliphatic carbocycles. The number of aryl methyl sites for hydroxylation is 1. The smallest absolute Gasteiger partial charge is 0.0708 e. The highest BCUT2D eigenvalue weighted by Gasteiger charge is 2.16. The molecule has 0 bridgehead atoms. The molecule has 0 aliphatic rings. The van der Waals surface area contributed by atoms with E-state index in [9.17, 15) is 0 Å². The third-order valence-electron chi connectivity index (χ3n) is 3.49. The van der Waals surface area contributed by atoms with E-state index in [1.165, 1.54) is 10.9 Å². The largest absolute Gasteiger partial charge is 0.377 e. The summed E-state index contributed by atoms with van der Waals surface area (Å²) in [5, 5.41) is 4.82. The zero-order valence-electron chi connectivity index (χ0n) is 13.5. The van der Waals surface area contributed by atoms with Crippen molar-refractivity contribution >= 4 is 10.9 Å². The van der Waals surface area contributed by atoms with E-state index in [1.54, 1.807) is 0 Å². The van der Waals surface area contributed by atoms with Crippen LogP contribution in [-0.2, 0) is 4.74 Å². The molecular formula is C18H26N2O. The summed E-state index contributed by atoms with van der Waals surface area (Å²) < 4.78 is 5.86. The minimum absolute atomic E-state index is 0.207. The van der Waals surface area contributed by atoms with E-state index in [4.69, 9.17) is 4.74 Å². The van der Waals surface area contributed by atoms with Gasteiger partial charge in [-0.15, -0.1) is 0 Å². The maximum absolute atomic E-state index is 5.86. The van der Waals surface area contributed by atoms with Gasteiger partial charge in [-0.25, -0.2) is 0 Å². The van der Waals surface area contributed by atoms with Gasteiger partial charge in [-0.1, -0.05) is 25.1 Å². The molecule has 1 aromatic heterocycles. The van der Waals surface area contributed by atoms with Gasteiger partial charge in [-0.3, -0.25) is 4.98 Å². The lowest BCUT2D eigenvalue weighted by atomic mass is 10.0. The molecule has 2 aromatic rings. The molecular weight excluding hydrogens is 260 g/mol. The lowest BCUT2D eigenvalue weighted by Gasteiger charge is -2.22. The normalized spacial score (nSPS) is 13.0. The summed E-state index contributed by atoms with van der Waals surface area (Å²) >= 11 is 0. The Morgan fingerprint density at radius 1 is 1.24 bits per heavy atom. The first-order chi connectivity index (χ1) is 10.1. The number of nitrogens with one attached hydrogen (secondary N) is 1. The molecule has 0 radical (unpaired) electrons. The van der Waals surface area contributed by atoms with Gasteiger partial charge in [0.15, 0.2) is 0 Å². The summed E-state index contributed by atoms with van der Waals surface area (Å²) in [7, 11) is 0. The van der Waals surface area contributed by atoms with Crippen molar-refractivity contribution in [3.05, 3.63) is 41.6 Å². The Kier molecular flexibility index (Phi) is 5.71. The molecule has 1 aromatic carbocycles. The predicted molar refractivity (Wildman–Crippen MR) is 88.6 cm³/mol. The van der Waals surface area contributed by atoms with Crippen LogP contribution < -0.4 is 5.32 Å². The molecule has 1 atom stereocenters. The van der Waals surface area contributed by atoms with E-state index >= 15 is 0 Å². The molecule has 3 heteroatoms. The number of benzene rings is 1. The van der Waals surface area contributed by atoms with E-state index in [2.05, 4.69) is 62.3 Å². The molecule has 0 saturated heterocycles. The van der Waals surface area contributed by atoms with Gasteiger partial charge in [0.1, 0.15) is 0 Å². The van der Waals surface area contributed by atoms with Crippen molar-refractivity contribution in [2.24, 2.45) is 0 Å². The molecule has 114 valence electrons. The molecule has 1 heterocycles. The van der Waals surface area contributed by atoms with Gasteiger partial charge in [-0.2, -0.15) is 0 Å². The summed E-state index contributed by atoms with van der Waals surface area (Å²) in [4.78, 5) is 4.63. The van der Waals surface area contributed by atoms with Crippen LogP contribution in [0.4, 0.5) is 0 Å². The van der Waals surface area contributed by atoms with Crippen LogP contribution in [-0.4, -0.2) is 24.2 Å². The number of hydrogen-bond donors (Lipinski definition) is 1. The van der Waals surface area contributed by atoms with Crippen LogP contribution >= 0.6 is 0 Å². The van der Waals surface area contributed by atoms with Crippen LogP contribution in [0.15, 0.2) is 30.3 Å². The summed E-state index contributed by atoms with van der Waals surface area (Å²) in [6, 6.07) is 10.7. The van der Waals surface area contributed by atoms with E-state index in [0.717, 1.165) is 24.2 Å². The van der Waals surface area contributed by atoms with Crippen molar-refractivity contribution in [3.63, 3.8) is 0 Å². The number of rotatable bonds is 7. The van der Waals surface area contributed by atoms with Crippen LogP contribution in [0, 0.1) is 6.92 Å². The highest BCUT2D eigenvalue weighted by Crippen LogP contribution is 2.25. The second kappa shape index (κ2) is 7.53. The Labute approximate surface area is 127 Å². The fourth-order valence-corrected chi connectivity index (χ4v) is 2.49. The molecule has 2 rings (SSSR count). The molecule has 3 nitrogen and oxygen atoms in total. The van der Waals surface area contributed by atoms with Crippen LogP contribution in [0.2, 0.25) is 0 Å². The summed E-state index contributed by atoms with van der Waals surface area (Å²) in [6.45, 7) is 10.1. The third kappa shape index (κ3) is 4.26. The topological polar surface area (TPSA) is 34.1 Å². The van der Waals surface area contributed by atoms with Gasteiger partial charge in [0, 0.05) is 11.1 Å². The van der Waals surface area contributed by atoms with Crippen LogP contribution in [0.25, 0.3) is 10.9 Å². The quantitative estimate of drug-likeness (QED) is 0.835. The minimum atomic E-state index is 0.207. The maximum atomic E-state index is 5.86. The van der Waals surface area contributed by atoms with Crippen LogP contribution in [0.1, 0.15) is 44.5 Å². The number of para-hydroxylation sites is 1. The zero-order chi connectivity index (χ0) is 15.2. The Hall–Kier alpha value is -1.45. The van der Waals surface area contributed by atoms with Crippen LogP contribution in [0.3, 0.4) is 0 Å². The number of aromatic nitrogens is 1. The summed E-state index contributed by atoms with van der Waals surface area (Å²) in [5.41, 5.74) is 3.39. The number of nitrogens with zero attached hydrogens (tertiary/aromatic N) is 1. The van der Waals surface area contributed by atoms with Crippen molar-refractivity contribution in [1.29, 1.82) is 0 Å². The first kappa shape index (κ1) is 15.9. The Morgan fingerprint density at radius 2 is 2.00 bits per heavy atom. The number of fused-ring (bicyclic) bond motifs is 1. The van der Waals surface area contributed by atoms with Crippen molar-refractivity contribution in [2.45, 2.75) is 46.3 Å². The van der Waals surface area contributed by atoms with Gasteiger partial charge in [0.25, 0.3) is 0 Å². The fourth-order valence-electron chi connectivity index (χ4n) is 2.49. The summed E-state index contributed by atoms with van der Waals surface area (Å²) in [5.74, 6) is 0. The SMILES string of the molecule is CCCNC(COC(C)C)c1cc(C)nc2ccccc12. The molecule has 0 fully saturated rings. The average molecular weight is 286 g/mol. The van der Waals surface area contributed by atoms with E-state index in [1.807, 2.05) is 6.07 Å². The standard InChI is InChI=1S/C18H26N2O/c1-5-10-19-18(12-21-13(2)3)16-11-14(4)20-17-9-7-6-8-15(16)17/h6-9,11,13,18-19H,5,10,12H2,1-4H3. The molecule has 0 aliphatic heterocycles. The average Bonchev–Trinajstić information content (AvgIpc) is 2.46. The molecule has 1 unspecified atom stereocenters. The number of ether oxygens (including phenoxy) is 1. The molecule has 0 spiro atoms. The molecule has 0 saturated carbocycles. The zero-order valence-corrected chi connectivity index (χ0v) is 13.5. The van der Waals surface area contributed by atoms with Crippen molar-refractivity contribution < 1.29 is 4.74 Å². The van der Waals surface area contributed by atoms with Gasteiger partial charge in [0.05, 0.1) is 24.3 Å². The van der Waals surface area contributed by atoms with Crippen LogP contribution in [0.5, 0.6) is 0 Å². The van der Waals surface area contributed by atoms with E-state index in [-0.39, 0.29) is 12.1 Å². The Bertz CT molecular complexity index is 580. The van der Waals surface area contributed by atoms with Crippen molar-refractivity contribution in [2.75, 3.05) is 13.2 Å². The molecule has 0 amide bonds. The fraction of sp³-hybridized carbons (Fsp3) is 0.500. The number of hydrogen-bond acceptors (Lipinski definition) is 3. The maximum Gasteiger partial charge on any atom is 0.0708 e. The number of pyridine rings is 1. The second-order valence-corrected chi connectivity index (χ2v) is 5.76. The van der Waals surface area contributed by atoms with Gasteiger partial charge < -0.3 is 10.1 Å². The monoisotopic (exact) mass is 286 g/mol. The predicted octanol–water partition coefficient (Wildman–Crippen LogP) is 4.01. The van der Waals surface area contributed by atoms with E-state index in [0.29, 0.717) is 6.61 Å². The lowest BCUT2D eigenvalue weighted by molar-refractivity contribution is 0.0614. The minimum Gasteiger partial charge on any atom is -0.377 e. The first-order valence-corrected chi connectivity index (χ1v) is 7.83.